The van der Waals surface area contributed by atoms with E-state index >= 15 is 0 Å². The summed E-state index contributed by atoms with van der Waals surface area (Å²) in [5.74, 6) is -1.95. The van der Waals surface area contributed by atoms with Gasteiger partial charge in [0, 0.05) is 31.1 Å². The Kier molecular flexibility index (Phi) is 8.76. The van der Waals surface area contributed by atoms with Crippen molar-refractivity contribution in [3.63, 3.8) is 0 Å². The van der Waals surface area contributed by atoms with E-state index in [0.29, 0.717) is 18.8 Å². The van der Waals surface area contributed by atoms with E-state index in [2.05, 4.69) is 32.3 Å². The first kappa shape index (κ1) is 26.7. The van der Waals surface area contributed by atoms with E-state index in [4.69, 9.17) is 21.4 Å². The Morgan fingerprint density at radius 2 is 2.14 bits per heavy atom. The summed E-state index contributed by atoms with van der Waals surface area (Å²) in [7, 11) is 0. The second-order valence-electron chi connectivity index (χ2n) is 9.06. The van der Waals surface area contributed by atoms with Gasteiger partial charge in [-0.15, -0.1) is 5.06 Å². The van der Waals surface area contributed by atoms with Crippen molar-refractivity contribution in [3.05, 3.63) is 50.6 Å². The van der Waals surface area contributed by atoms with Crippen molar-refractivity contribution in [3.8, 4) is 0 Å². The lowest BCUT2D eigenvalue weighted by Crippen LogP contribution is -2.53. The van der Waals surface area contributed by atoms with Crippen LogP contribution in [0.15, 0.2) is 22.8 Å². The fourth-order valence-electron chi connectivity index (χ4n) is 4.65. The van der Waals surface area contributed by atoms with Crippen molar-refractivity contribution in [1.82, 2.24) is 15.0 Å². The van der Waals surface area contributed by atoms with E-state index in [-0.39, 0.29) is 27.5 Å². The number of aliphatic hydroxyl groups excluding tert-OH is 1. The van der Waals surface area contributed by atoms with E-state index in [1.54, 1.807) is 0 Å². The Hall–Kier alpha value is -2.34. The number of halogens is 3. The molecule has 4 rings (SSSR count). The van der Waals surface area contributed by atoms with Gasteiger partial charge in [-0.3, -0.25) is 4.79 Å². The van der Waals surface area contributed by atoms with Crippen LogP contribution in [0.5, 0.6) is 0 Å². The summed E-state index contributed by atoms with van der Waals surface area (Å²) in [6, 6.07) is 2.54. The van der Waals surface area contributed by atoms with Crippen LogP contribution in [-0.4, -0.2) is 62.4 Å². The van der Waals surface area contributed by atoms with Gasteiger partial charge in [0.25, 0.3) is 0 Å². The van der Waals surface area contributed by atoms with Crippen LogP contribution in [0, 0.1) is 11.9 Å². The fraction of sp³-hybridized carbons (Fsp3) is 0.500. The summed E-state index contributed by atoms with van der Waals surface area (Å²) in [5.41, 5.74) is 1.94. The van der Waals surface area contributed by atoms with Gasteiger partial charge >= 0.3 is 11.9 Å². The molecule has 2 aromatic heterocycles. The number of hydrogen-bond donors (Lipinski definition) is 3. The number of aliphatic carboxylic acids is 1. The SMILES string of the molecule is O=C(ON(C1CC(CCc2ccc3c(n2)NCCC3)C1)[C@@H](CCO)C(=O)O)c1c(Cl)cnc(F)c1Br. The Balaban J connectivity index is 1.42. The number of hydrogen-bond acceptors (Lipinski definition) is 8. The number of anilines is 1. The molecule has 1 aliphatic heterocycles. The van der Waals surface area contributed by atoms with Crippen LogP contribution >= 0.6 is 27.5 Å². The highest BCUT2D eigenvalue weighted by molar-refractivity contribution is 9.10. The van der Waals surface area contributed by atoms with Crippen LogP contribution < -0.4 is 5.32 Å². The molecule has 1 saturated carbocycles. The summed E-state index contributed by atoms with van der Waals surface area (Å²) >= 11 is 8.99. The van der Waals surface area contributed by atoms with Gasteiger partial charge < -0.3 is 20.4 Å². The van der Waals surface area contributed by atoms with Crippen molar-refractivity contribution in [2.45, 2.75) is 57.0 Å². The molecule has 36 heavy (non-hydrogen) atoms. The number of carbonyl (C=O) groups excluding carboxylic acids is 1. The van der Waals surface area contributed by atoms with Gasteiger partial charge in [-0.25, -0.2) is 14.8 Å². The molecule has 1 aliphatic carbocycles. The summed E-state index contributed by atoms with van der Waals surface area (Å²) in [4.78, 5) is 38.5. The van der Waals surface area contributed by atoms with Gasteiger partial charge in [0.2, 0.25) is 5.95 Å². The largest absolute Gasteiger partial charge is 0.480 e. The first-order valence-electron chi connectivity index (χ1n) is 11.8. The number of pyridine rings is 2. The van der Waals surface area contributed by atoms with E-state index < -0.39 is 30.5 Å². The highest BCUT2D eigenvalue weighted by Crippen LogP contribution is 2.38. The Morgan fingerprint density at radius 1 is 1.36 bits per heavy atom. The van der Waals surface area contributed by atoms with Crippen molar-refractivity contribution in [2.75, 3.05) is 18.5 Å². The standard InChI is InChI=1S/C24H27BrClFN4O5/c25-20-19(17(26)12-29-21(20)27)24(35)36-31(18(7-9-32)23(33)34)16-10-13(11-16)3-5-15-6-4-14-2-1-8-28-22(14)30-15/h4,6,12-13,16,18,32H,1-3,5,7-11H2,(H,28,30)(H,33,34)/t13?,16?,18-/m0/s1. The van der Waals surface area contributed by atoms with E-state index in [9.17, 15) is 24.2 Å². The number of carboxylic acids is 1. The zero-order chi connectivity index (χ0) is 25.8. The molecule has 3 N–H and O–H groups in total. The molecule has 12 heteroatoms. The van der Waals surface area contributed by atoms with E-state index in [0.717, 1.165) is 55.0 Å². The maximum atomic E-state index is 13.9. The lowest BCUT2D eigenvalue weighted by atomic mass is 9.76. The number of aromatic nitrogens is 2. The first-order chi connectivity index (χ1) is 17.3. The third-order valence-corrected chi connectivity index (χ3v) is 7.66. The number of rotatable bonds is 10. The quantitative estimate of drug-likeness (QED) is 0.280. The summed E-state index contributed by atoms with van der Waals surface area (Å²) in [6.07, 6.45) is 5.81. The lowest BCUT2D eigenvalue weighted by Gasteiger charge is -2.43. The maximum absolute atomic E-state index is 13.9. The number of carboxylic acid groups (broad SMARTS) is 1. The molecule has 0 amide bonds. The van der Waals surface area contributed by atoms with Crippen LogP contribution in [0.4, 0.5) is 10.2 Å². The van der Waals surface area contributed by atoms with Crippen LogP contribution in [0.25, 0.3) is 0 Å². The van der Waals surface area contributed by atoms with Gasteiger partial charge in [-0.05, 0) is 78.4 Å². The predicted octanol–water partition coefficient (Wildman–Crippen LogP) is 4.01. The normalized spacial score (nSPS) is 19.7. The van der Waals surface area contributed by atoms with Crippen molar-refractivity contribution < 1.29 is 29.0 Å². The minimum absolute atomic E-state index is 0.138. The monoisotopic (exact) mass is 584 g/mol. The zero-order valence-corrected chi connectivity index (χ0v) is 21.8. The van der Waals surface area contributed by atoms with Crippen molar-refractivity contribution >= 4 is 45.3 Å². The van der Waals surface area contributed by atoms with Crippen molar-refractivity contribution in [2.24, 2.45) is 5.92 Å². The lowest BCUT2D eigenvalue weighted by molar-refractivity contribution is -0.204. The average molecular weight is 586 g/mol. The number of aryl methyl sites for hydroxylation is 2. The molecule has 194 valence electrons. The highest BCUT2D eigenvalue weighted by atomic mass is 79.9. The molecule has 2 aliphatic rings. The predicted molar refractivity (Wildman–Crippen MR) is 133 cm³/mol. The molecule has 0 unspecified atom stereocenters. The smallest absolute Gasteiger partial charge is 0.359 e. The molecule has 9 nitrogen and oxygen atoms in total. The van der Waals surface area contributed by atoms with Crippen LogP contribution in [0.2, 0.25) is 5.02 Å². The number of aliphatic hydroxyl groups is 1. The molecule has 3 heterocycles. The van der Waals surface area contributed by atoms with Crippen molar-refractivity contribution in [1.29, 1.82) is 0 Å². The van der Waals surface area contributed by atoms with Gasteiger partial charge in [-0.2, -0.15) is 4.39 Å². The molecule has 2 aromatic rings. The molecular formula is C24H27BrClFN4O5. The molecule has 0 spiro atoms. The molecule has 0 radical (unpaired) electrons. The number of nitrogens with one attached hydrogen (secondary N) is 1. The van der Waals surface area contributed by atoms with Crippen LogP contribution in [-0.2, 0) is 22.5 Å². The average Bonchev–Trinajstić information content (AvgIpc) is 2.83. The summed E-state index contributed by atoms with van der Waals surface area (Å²) in [5, 5.41) is 23.4. The van der Waals surface area contributed by atoms with Crippen LogP contribution in [0.3, 0.4) is 0 Å². The summed E-state index contributed by atoms with van der Waals surface area (Å²) in [6.45, 7) is 0.516. The molecule has 1 fully saturated rings. The minimum Gasteiger partial charge on any atom is -0.480 e. The van der Waals surface area contributed by atoms with E-state index in [1.807, 2.05) is 6.07 Å². The van der Waals surface area contributed by atoms with Gasteiger partial charge in [0.1, 0.15) is 17.4 Å². The molecule has 0 saturated heterocycles. The van der Waals surface area contributed by atoms with Gasteiger partial charge in [0.15, 0.2) is 0 Å². The Bertz CT molecular complexity index is 1130. The fourth-order valence-corrected chi connectivity index (χ4v) is 5.46. The second-order valence-corrected chi connectivity index (χ2v) is 10.3. The summed E-state index contributed by atoms with van der Waals surface area (Å²) < 4.78 is 13.6. The Morgan fingerprint density at radius 3 is 2.86 bits per heavy atom. The number of carbonyl (C=O) groups is 2. The minimum atomic E-state index is -1.26. The highest BCUT2D eigenvalue weighted by Gasteiger charge is 2.42. The maximum Gasteiger partial charge on any atom is 0.359 e. The Labute approximate surface area is 221 Å². The molecular weight excluding hydrogens is 559 g/mol. The molecule has 1 atom stereocenters. The number of hydroxylamine groups is 2. The number of fused-ring (bicyclic) bond motifs is 1. The second kappa shape index (κ2) is 11.8. The van der Waals surface area contributed by atoms with Crippen LogP contribution in [0.1, 0.15) is 53.7 Å². The third kappa shape index (κ3) is 5.96. The molecule has 0 bridgehead atoms. The van der Waals surface area contributed by atoms with Gasteiger partial charge in [0.05, 0.1) is 9.50 Å². The number of nitrogens with zero attached hydrogens (tertiary/aromatic N) is 3. The van der Waals surface area contributed by atoms with E-state index in [1.165, 1.54) is 5.56 Å². The van der Waals surface area contributed by atoms with Gasteiger partial charge in [-0.1, -0.05) is 17.7 Å². The third-order valence-electron chi connectivity index (χ3n) is 6.65. The first-order valence-corrected chi connectivity index (χ1v) is 13.0. The zero-order valence-electron chi connectivity index (χ0n) is 19.4. The topological polar surface area (TPSA) is 125 Å². The molecule has 0 aromatic carbocycles.